The molecule has 0 aliphatic carbocycles. The molecule has 0 atom stereocenters. The van der Waals surface area contributed by atoms with Crippen LogP contribution in [0.5, 0.6) is 11.5 Å². The molecule has 0 fully saturated rings. The van der Waals surface area contributed by atoms with Crippen molar-refractivity contribution in [3.05, 3.63) is 59.2 Å². The second-order valence-electron chi connectivity index (χ2n) is 3.65. The van der Waals surface area contributed by atoms with E-state index in [1.165, 1.54) is 0 Å². The summed E-state index contributed by atoms with van der Waals surface area (Å²) < 4.78 is 25.6. The topological polar surface area (TPSA) is 57.5 Å². The first kappa shape index (κ1) is 12.0. The van der Waals surface area contributed by atoms with Crippen LogP contribution in [0, 0.1) is 11.6 Å². The minimum absolute atomic E-state index is 0.168. The number of phenolic OH excluding ortho intramolecular Hbond substituents is 2. The number of benzene rings is 2. The molecule has 3 nitrogen and oxygen atoms in total. The second-order valence-corrected chi connectivity index (χ2v) is 3.65. The molecule has 0 aliphatic heterocycles. The van der Waals surface area contributed by atoms with Crippen LogP contribution < -0.4 is 0 Å². The Morgan fingerprint density at radius 2 is 1.22 bits per heavy atom. The standard InChI is InChI=1S/C13H8F2O3/c14-7-1-3-9(11(16)5-7)13(18)10-4-2-8(15)6-12(10)17/h1-6,16-17H. The van der Waals surface area contributed by atoms with Gasteiger partial charge in [0.15, 0.2) is 5.78 Å². The van der Waals surface area contributed by atoms with Crippen LogP contribution >= 0.6 is 0 Å². The van der Waals surface area contributed by atoms with Gasteiger partial charge < -0.3 is 10.2 Å². The van der Waals surface area contributed by atoms with Crippen LogP contribution in [0.15, 0.2) is 36.4 Å². The minimum Gasteiger partial charge on any atom is -0.507 e. The molecule has 0 spiro atoms. The molecular formula is C13H8F2O3. The Balaban J connectivity index is 2.48. The maximum Gasteiger partial charge on any atom is 0.200 e. The van der Waals surface area contributed by atoms with Gasteiger partial charge in [-0.25, -0.2) is 8.78 Å². The van der Waals surface area contributed by atoms with Gasteiger partial charge in [0, 0.05) is 12.1 Å². The van der Waals surface area contributed by atoms with Gasteiger partial charge in [-0.05, 0) is 24.3 Å². The molecule has 2 N–H and O–H groups in total. The monoisotopic (exact) mass is 250 g/mol. The van der Waals surface area contributed by atoms with Crippen LogP contribution in [0.4, 0.5) is 8.78 Å². The highest BCUT2D eigenvalue weighted by Gasteiger charge is 2.17. The second kappa shape index (κ2) is 4.44. The highest BCUT2D eigenvalue weighted by atomic mass is 19.1. The van der Waals surface area contributed by atoms with Crippen LogP contribution in [0.3, 0.4) is 0 Å². The number of hydrogen-bond donors (Lipinski definition) is 2. The average molecular weight is 250 g/mol. The molecule has 2 rings (SSSR count). The molecule has 2 aromatic carbocycles. The minimum atomic E-state index is -0.718. The molecule has 0 radical (unpaired) electrons. The number of hydrogen-bond acceptors (Lipinski definition) is 3. The van der Waals surface area contributed by atoms with E-state index in [4.69, 9.17) is 0 Å². The van der Waals surface area contributed by atoms with Gasteiger partial charge in [0.2, 0.25) is 0 Å². The van der Waals surface area contributed by atoms with E-state index >= 15 is 0 Å². The van der Waals surface area contributed by atoms with Gasteiger partial charge in [0.05, 0.1) is 11.1 Å². The molecule has 0 bridgehead atoms. The number of carbonyl (C=O) groups is 1. The zero-order valence-corrected chi connectivity index (χ0v) is 9.02. The van der Waals surface area contributed by atoms with Crippen molar-refractivity contribution in [1.82, 2.24) is 0 Å². The third kappa shape index (κ3) is 2.15. The summed E-state index contributed by atoms with van der Waals surface area (Å²) in [6.07, 6.45) is 0. The lowest BCUT2D eigenvalue weighted by atomic mass is 10.0. The SMILES string of the molecule is O=C(c1ccc(F)cc1O)c1ccc(F)cc1O. The van der Waals surface area contributed by atoms with Crippen LogP contribution in [0.25, 0.3) is 0 Å². The quantitative estimate of drug-likeness (QED) is 0.805. The van der Waals surface area contributed by atoms with E-state index in [0.717, 1.165) is 36.4 Å². The number of phenols is 2. The third-order valence-corrected chi connectivity index (χ3v) is 2.41. The van der Waals surface area contributed by atoms with Crippen LogP contribution in [-0.4, -0.2) is 16.0 Å². The Labute approximate surface area is 101 Å². The summed E-state index contributed by atoms with van der Waals surface area (Å²) in [5.41, 5.74) is -0.336. The first-order chi connectivity index (χ1) is 8.49. The predicted molar refractivity (Wildman–Crippen MR) is 59.6 cm³/mol. The van der Waals surface area contributed by atoms with Crippen LogP contribution in [0.2, 0.25) is 0 Å². The van der Waals surface area contributed by atoms with Gasteiger partial charge in [-0.1, -0.05) is 0 Å². The van der Waals surface area contributed by atoms with Gasteiger partial charge in [-0.2, -0.15) is 0 Å². The molecule has 0 heterocycles. The molecule has 0 amide bonds. The highest BCUT2D eigenvalue weighted by Crippen LogP contribution is 2.26. The van der Waals surface area contributed by atoms with E-state index in [1.807, 2.05) is 0 Å². The zero-order valence-electron chi connectivity index (χ0n) is 9.02. The van der Waals surface area contributed by atoms with Crippen molar-refractivity contribution in [2.45, 2.75) is 0 Å². The molecule has 0 aromatic heterocycles. The summed E-state index contributed by atoms with van der Waals surface area (Å²) in [5.74, 6) is -3.17. The maximum absolute atomic E-state index is 12.8. The Kier molecular flexibility index (Phi) is 2.97. The zero-order chi connectivity index (χ0) is 13.3. The van der Waals surface area contributed by atoms with E-state index in [1.54, 1.807) is 0 Å². The van der Waals surface area contributed by atoms with Crippen molar-refractivity contribution in [2.24, 2.45) is 0 Å². The largest absolute Gasteiger partial charge is 0.507 e. The Morgan fingerprint density at radius 3 is 1.56 bits per heavy atom. The molecule has 0 saturated carbocycles. The fraction of sp³-hybridized carbons (Fsp3) is 0. The summed E-state index contributed by atoms with van der Waals surface area (Å²) in [6, 6.07) is 5.77. The van der Waals surface area contributed by atoms with E-state index in [2.05, 4.69) is 0 Å². The van der Waals surface area contributed by atoms with E-state index in [0.29, 0.717) is 0 Å². The molecule has 92 valence electrons. The normalized spacial score (nSPS) is 10.3. The van der Waals surface area contributed by atoms with Gasteiger partial charge in [-0.3, -0.25) is 4.79 Å². The first-order valence-corrected chi connectivity index (χ1v) is 5.01. The molecule has 5 heteroatoms. The van der Waals surface area contributed by atoms with Gasteiger partial charge >= 0.3 is 0 Å². The first-order valence-electron chi connectivity index (χ1n) is 5.01. The number of ketones is 1. The lowest BCUT2D eigenvalue weighted by molar-refractivity contribution is 0.103. The van der Waals surface area contributed by atoms with E-state index in [-0.39, 0.29) is 11.1 Å². The maximum atomic E-state index is 12.8. The van der Waals surface area contributed by atoms with Crippen molar-refractivity contribution >= 4 is 5.78 Å². The molecule has 2 aromatic rings. The molecule has 0 saturated heterocycles. The number of rotatable bonds is 2. The lowest BCUT2D eigenvalue weighted by Gasteiger charge is -2.06. The van der Waals surface area contributed by atoms with E-state index < -0.39 is 28.9 Å². The van der Waals surface area contributed by atoms with Crippen molar-refractivity contribution in [2.75, 3.05) is 0 Å². The van der Waals surface area contributed by atoms with Gasteiger partial charge in [0.25, 0.3) is 0 Å². The van der Waals surface area contributed by atoms with Crippen LogP contribution in [-0.2, 0) is 0 Å². The van der Waals surface area contributed by atoms with Crippen molar-refractivity contribution in [1.29, 1.82) is 0 Å². The summed E-state index contributed by atoms with van der Waals surface area (Å²) in [6.45, 7) is 0. The summed E-state index contributed by atoms with van der Waals surface area (Å²) >= 11 is 0. The van der Waals surface area contributed by atoms with Crippen LogP contribution in [0.1, 0.15) is 15.9 Å². The fourth-order valence-electron chi connectivity index (χ4n) is 1.54. The highest BCUT2D eigenvalue weighted by molar-refractivity contribution is 6.12. The molecular weight excluding hydrogens is 242 g/mol. The summed E-state index contributed by atoms with van der Waals surface area (Å²) in [4.78, 5) is 11.9. The third-order valence-electron chi connectivity index (χ3n) is 2.41. The smallest absolute Gasteiger partial charge is 0.200 e. The predicted octanol–water partition coefficient (Wildman–Crippen LogP) is 2.61. The Morgan fingerprint density at radius 1 is 0.833 bits per heavy atom. The average Bonchev–Trinajstić information content (AvgIpc) is 2.28. The Hall–Kier alpha value is -2.43. The molecule has 0 aliphatic rings. The van der Waals surface area contributed by atoms with Crippen molar-refractivity contribution < 1.29 is 23.8 Å². The molecule has 0 unspecified atom stereocenters. The van der Waals surface area contributed by atoms with Crippen molar-refractivity contribution in [3.8, 4) is 11.5 Å². The fourth-order valence-corrected chi connectivity index (χ4v) is 1.54. The summed E-state index contributed by atoms with van der Waals surface area (Å²) in [7, 11) is 0. The van der Waals surface area contributed by atoms with Crippen molar-refractivity contribution in [3.63, 3.8) is 0 Å². The van der Waals surface area contributed by atoms with Gasteiger partial charge in [0.1, 0.15) is 23.1 Å². The Bertz CT molecular complexity index is 570. The lowest BCUT2D eigenvalue weighted by Crippen LogP contribution is -2.02. The number of halogens is 2. The van der Waals surface area contributed by atoms with Gasteiger partial charge in [-0.15, -0.1) is 0 Å². The number of aromatic hydroxyl groups is 2. The summed E-state index contributed by atoms with van der Waals surface area (Å²) in [5, 5.41) is 18.9. The number of carbonyl (C=O) groups excluding carboxylic acids is 1. The van der Waals surface area contributed by atoms with E-state index in [9.17, 15) is 23.8 Å². The molecule has 18 heavy (non-hydrogen) atoms.